The lowest BCUT2D eigenvalue weighted by atomic mass is 10.1. The second kappa shape index (κ2) is 7.17. The highest BCUT2D eigenvalue weighted by molar-refractivity contribution is 8.00. The van der Waals surface area contributed by atoms with Gasteiger partial charge in [0.25, 0.3) is 0 Å². The zero-order valence-electron chi connectivity index (χ0n) is 14.3. The number of pyridine rings is 1. The van der Waals surface area contributed by atoms with Crippen molar-refractivity contribution in [2.75, 3.05) is 0 Å². The summed E-state index contributed by atoms with van der Waals surface area (Å²) < 4.78 is 5.19. The molecule has 0 atom stereocenters. The normalized spacial score (nSPS) is 11.5. The molecule has 0 fully saturated rings. The van der Waals surface area contributed by atoms with E-state index in [0.29, 0.717) is 12.3 Å². The first-order valence-electron chi connectivity index (χ1n) is 7.57. The van der Waals surface area contributed by atoms with E-state index in [1.807, 2.05) is 26.0 Å². The molecule has 23 heavy (non-hydrogen) atoms. The van der Waals surface area contributed by atoms with Crippen LogP contribution >= 0.6 is 11.8 Å². The maximum atomic E-state index is 12.1. The lowest BCUT2D eigenvalue weighted by Gasteiger charge is -2.17. The monoisotopic (exact) mass is 333 g/mol. The van der Waals surface area contributed by atoms with Crippen LogP contribution in [0.4, 0.5) is 0 Å². The van der Waals surface area contributed by atoms with Crippen molar-refractivity contribution in [2.45, 2.75) is 57.4 Å². The highest BCUT2D eigenvalue weighted by Gasteiger charge is 2.15. The van der Waals surface area contributed by atoms with Crippen LogP contribution in [0.1, 0.15) is 43.4 Å². The second-order valence-electron chi connectivity index (χ2n) is 6.47. The Morgan fingerprint density at radius 2 is 2.09 bits per heavy atom. The number of carbonyl (C=O) groups excluding carboxylic acids is 1. The number of hydrogen-bond donors (Lipinski definition) is 1. The van der Waals surface area contributed by atoms with Gasteiger partial charge in [0.1, 0.15) is 5.76 Å². The van der Waals surface area contributed by atoms with E-state index in [1.165, 1.54) is 0 Å². The van der Waals surface area contributed by atoms with Crippen LogP contribution in [0.3, 0.4) is 0 Å². The molecule has 2 rings (SSSR count). The van der Waals surface area contributed by atoms with Gasteiger partial charge in [-0.05, 0) is 31.5 Å². The molecule has 1 amide bonds. The van der Waals surface area contributed by atoms with Crippen molar-refractivity contribution in [2.24, 2.45) is 0 Å². The van der Waals surface area contributed by atoms with Crippen LogP contribution in [0.25, 0.3) is 0 Å². The third-order valence-corrected chi connectivity index (χ3v) is 4.26. The van der Waals surface area contributed by atoms with Crippen molar-refractivity contribution in [3.63, 3.8) is 0 Å². The van der Waals surface area contributed by atoms with Crippen molar-refractivity contribution < 1.29 is 9.32 Å². The molecular formula is C17H23N3O2S. The molecule has 6 heteroatoms. The lowest BCUT2D eigenvalue weighted by molar-refractivity contribution is -0.120. The van der Waals surface area contributed by atoms with E-state index in [4.69, 9.17) is 4.52 Å². The molecule has 5 nitrogen and oxygen atoms in total. The molecule has 0 radical (unpaired) electrons. The van der Waals surface area contributed by atoms with E-state index < -0.39 is 0 Å². The standard InChI is InChI=1S/C17H23N3O2S/c1-11-14(12(2)22-20-11)9-15(21)19-10-13-6-7-18-16(8-13)23-17(3,4)5/h6-8H,9-10H2,1-5H3,(H,19,21). The average molecular weight is 333 g/mol. The van der Waals surface area contributed by atoms with Crippen molar-refractivity contribution in [3.8, 4) is 0 Å². The number of hydrogen-bond acceptors (Lipinski definition) is 5. The first kappa shape index (κ1) is 17.5. The molecule has 0 saturated heterocycles. The number of thioether (sulfide) groups is 1. The van der Waals surface area contributed by atoms with Crippen LogP contribution in [-0.2, 0) is 17.8 Å². The summed E-state index contributed by atoms with van der Waals surface area (Å²) in [6, 6.07) is 3.94. The molecule has 0 aromatic carbocycles. The molecule has 0 bridgehead atoms. The number of aromatic nitrogens is 2. The van der Waals surface area contributed by atoms with Gasteiger partial charge in [0.15, 0.2) is 0 Å². The molecule has 2 aromatic heterocycles. The van der Waals surface area contributed by atoms with Crippen molar-refractivity contribution in [1.82, 2.24) is 15.5 Å². The summed E-state index contributed by atoms with van der Waals surface area (Å²) in [5, 5.41) is 7.77. The zero-order valence-corrected chi connectivity index (χ0v) is 15.1. The number of aryl methyl sites for hydroxylation is 2. The minimum Gasteiger partial charge on any atom is -0.361 e. The summed E-state index contributed by atoms with van der Waals surface area (Å²) in [5.41, 5.74) is 2.67. The first-order valence-corrected chi connectivity index (χ1v) is 8.38. The van der Waals surface area contributed by atoms with E-state index in [2.05, 4.69) is 36.2 Å². The van der Waals surface area contributed by atoms with Crippen molar-refractivity contribution >= 4 is 17.7 Å². The Balaban J connectivity index is 1.93. The predicted molar refractivity (Wildman–Crippen MR) is 91.4 cm³/mol. The van der Waals surface area contributed by atoms with Gasteiger partial charge in [-0.1, -0.05) is 25.9 Å². The van der Waals surface area contributed by atoms with E-state index in [-0.39, 0.29) is 17.1 Å². The Bertz CT molecular complexity index is 670. The van der Waals surface area contributed by atoms with Gasteiger partial charge in [-0.2, -0.15) is 0 Å². The Morgan fingerprint density at radius 3 is 2.70 bits per heavy atom. The van der Waals surface area contributed by atoms with Gasteiger partial charge >= 0.3 is 0 Å². The number of nitrogens with zero attached hydrogens (tertiary/aromatic N) is 2. The molecule has 0 aliphatic rings. The minimum absolute atomic E-state index is 0.0405. The number of nitrogens with one attached hydrogen (secondary N) is 1. The Hall–Kier alpha value is -1.82. The molecule has 2 heterocycles. The topological polar surface area (TPSA) is 68.0 Å². The summed E-state index contributed by atoms with van der Waals surface area (Å²) in [7, 11) is 0. The van der Waals surface area contributed by atoms with Gasteiger partial charge in [-0.15, -0.1) is 11.8 Å². The first-order chi connectivity index (χ1) is 10.7. The van der Waals surface area contributed by atoms with Crippen LogP contribution in [0.2, 0.25) is 0 Å². The summed E-state index contributed by atoms with van der Waals surface area (Å²) >= 11 is 1.71. The zero-order chi connectivity index (χ0) is 17.0. The average Bonchev–Trinajstić information content (AvgIpc) is 2.76. The van der Waals surface area contributed by atoms with Gasteiger partial charge in [0, 0.05) is 23.1 Å². The minimum atomic E-state index is -0.0405. The van der Waals surface area contributed by atoms with Gasteiger partial charge in [0.05, 0.1) is 17.1 Å². The van der Waals surface area contributed by atoms with Gasteiger partial charge in [-0.3, -0.25) is 4.79 Å². The van der Waals surface area contributed by atoms with E-state index in [0.717, 1.165) is 21.8 Å². The molecule has 0 aliphatic carbocycles. The predicted octanol–water partition coefficient (Wildman–Crippen LogP) is 3.44. The Morgan fingerprint density at radius 1 is 1.35 bits per heavy atom. The van der Waals surface area contributed by atoms with Crippen molar-refractivity contribution in [3.05, 3.63) is 40.9 Å². The van der Waals surface area contributed by atoms with Crippen LogP contribution in [-0.4, -0.2) is 20.8 Å². The van der Waals surface area contributed by atoms with Crippen LogP contribution in [0.5, 0.6) is 0 Å². The Kier molecular flexibility index (Phi) is 5.46. The van der Waals surface area contributed by atoms with Crippen LogP contribution < -0.4 is 5.32 Å². The van der Waals surface area contributed by atoms with E-state index in [9.17, 15) is 4.79 Å². The van der Waals surface area contributed by atoms with E-state index in [1.54, 1.807) is 18.0 Å². The molecule has 1 N–H and O–H groups in total. The fourth-order valence-electron chi connectivity index (χ4n) is 2.11. The fourth-order valence-corrected chi connectivity index (χ4v) is 3.06. The number of rotatable bonds is 5. The number of carbonyl (C=O) groups is 1. The molecular weight excluding hydrogens is 310 g/mol. The third kappa shape index (κ3) is 5.39. The summed E-state index contributed by atoms with van der Waals surface area (Å²) in [6.07, 6.45) is 2.07. The Labute approximate surface area is 141 Å². The third-order valence-electron chi connectivity index (χ3n) is 3.22. The smallest absolute Gasteiger partial charge is 0.224 e. The molecule has 0 unspecified atom stereocenters. The van der Waals surface area contributed by atoms with Gasteiger partial charge < -0.3 is 9.84 Å². The highest BCUT2D eigenvalue weighted by atomic mass is 32.2. The highest BCUT2D eigenvalue weighted by Crippen LogP contribution is 2.30. The number of amides is 1. The summed E-state index contributed by atoms with van der Waals surface area (Å²) in [5.74, 6) is 0.659. The maximum absolute atomic E-state index is 12.1. The van der Waals surface area contributed by atoms with Crippen LogP contribution in [0.15, 0.2) is 27.9 Å². The lowest BCUT2D eigenvalue weighted by Crippen LogP contribution is -2.25. The molecule has 0 spiro atoms. The summed E-state index contributed by atoms with van der Waals surface area (Å²) in [4.78, 5) is 16.5. The molecule has 0 saturated carbocycles. The summed E-state index contributed by atoms with van der Waals surface area (Å²) in [6.45, 7) is 10.6. The maximum Gasteiger partial charge on any atom is 0.224 e. The molecule has 0 aliphatic heterocycles. The molecule has 124 valence electrons. The SMILES string of the molecule is Cc1noc(C)c1CC(=O)NCc1ccnc(SC(C)(C)C)c1. The largest absolute Gasteiger partial charge is 0.361 e. The molecule has 2 aromatic rings. The van der Waals surface area contributed by atoms with Gasteiger partial charge in [-0.25, -0.2) is 4.98 Å². The quantitative estimate of drug-likeness (QED) is 0.849. The van der Waals surface area contributed by atoms with Crippen molar-refractivity contribution in [1.29, 1.82) is 0 Å². The van der Waals surface area contributed by atoms with Gasteiger partial charge in [0.2, 0.25) is 5.91 Å². The fraction of sp³-hybridized carbons (Fsp3) is 0.471. The second-order valence-corrected chi connectivity index (χ2v) is 8.32. The van der Waals surface area contributed by atoms with E-state index >= 15 is 0 Å². The van der Waals surface area contributed by atoms with Crippen LogP contribution in [0, 0.1) is 13.8 Å².